The normalized spacial score (nSPS) is 11.8. The minimum atomic E-state index is -0.498. The molecule has 0 fully saturated rings. The third-order valence-electron chi connectivity index (χ3n) is 5.18. The second-order valence-corrected chi connectivity index (χ2v) is 8.22. The van der Waals surface area contributed by atoms with Crippen molar-refractivity contribution in [2.24, 2.45) is 5.92 Å². The zero-order valence-electron chi connectivity index (χ0n) is 19.3. The van der Waals surface area contributed by atoms with Crippen molar-refractivity contribution in [3.05, 3.63) is 29.6 Å². The Morgan fingerprint density at radius 3 is 1.90 bits per heavy atom. The summed E-state index contributed by atoms with van der Waals surface area (Å²) in [6.45, 7) is 7.14. The van der Waals surface area contributed by atoms with Crippen LogP contribution in [0.25, 0.3) is 0 Å². The van der Waals surface area contributed by atoms with Crippen LogP contribution >= 0.6 is 0 Å². The summed E-state index contributed by atoms with van der Waals surface area (Å²) in [4.78, 5) is 28.5. The van der Waals surface area contributed by atoms with Gasteiger partial charge >= 0.3 is 11.9 Å². The quantitative estimate of drug-likeness (QED) is 0.206. The summed E-state index contributed by atoms with van der Waals surface area (Å²) < 4.78 is 10.6. The van der Waals surface area contributed by atoms with Crippen LogP contribution in [0.3, 0.4) is 0 Å². The molecule has 1 heterocycles. The van der Waals surface area contributed by atoms with E-state index >= 15 is 0 Å². The van der Waals surface area contributed by atoms with Crippen LogP contribution in [-0.4, -0.2) is 30.1 Å². The first-order valence-corrected chi connectivity index (χ1v) is 11.9. The number of unbranched alkanes of at least 4 members (excludes halogenated alkanes) is 9. The van der Waals surface area contributed by atoms with Gasteiger partial charge in [0.15, 0.2) is 0 Å². The molecule has 0 aliphatic carbocycles. The van der Waals surface area contributed by atoms with Crippen LogP contribution in [0.2, 0.25) is 0 Å². The van der Waals surface area contributed by atoms with Gasteiger partial charge in [-0.3, -0.25) is 0 Å². The van der Waals surface area contributed by atoms with E-state index in [1.54, 1.807) is 18.2 Å². The summed E-state index contributed by atoms with van der Waals surface area (Å²) in [5, 5.41) is 0. The molecule has 5 heteroatoms. The van der Waals surface area contributed by atoms with E-state index in [1.807, 2.05) is 6.92 Å². The summed E-state index contributed by atoms with van der Waals surface area (Å²) in [5.74, 6) is -0.671. The number of esters is 2. The highest BCUT2D eigenvalue weighted by atomic mass is 16.5. The van der Waals surface area contributed by atoms with E-state index in [0.717, 1.165) is 25.7 Å². The van der Waals surface area contributed by atoms with Gasteiger partial charge in [-0.05, 0) is 30.9 Å². The maximum absolute atomic E-state index is 12.2. The smallest absolute Gasteiger partial charge is 0.356 e. The van der Waals surface area contributed by atoms with E-state index in [9.17, 15) is 9.59 Å². The zero-order valence-corrected chi connectivity index (χ0v) is 19.3. The van der Waals surface area contributed by atoms with Crippen molar-refractivity contribution < 1.29 is 19.1 Å². The maximum atomic E-state index is 12.2. The molecule has 0 spiro atoms. The van der Waals surface area contributed by atoms with Crippen LogP contribution < -0.4 is 0 Å². The molecule has 0 radical (unpaired) electrons. The van der Waals surface area contributed by atoms with Gasteiger partial charge in [0, 0.05) is 0 Å². The molecule has 1 unspecified atom stereocenters. The van der Waals surface area contributed by atoms with Crippen LogP contribution in [0.4, 0.5) is 0 Å². The number of carbonyl (C=O) groups excluding carboxylic acids is 2. The van der Waals surface area contributed by atoms with Gasteiger partial charge in [-0.1, -0.05) is 91.0 Å². The van der Waals surface area contributed by atoms with Gasteiger partial charge in [0.25, 0.3) is 0 Å². The molecule has 0 saturated heterocycles. The largest absolute Gasteiger partial charge is 0.461 e. The molecule has 1 aromatic heterocycles. The molecule has 0 saturated carbocycles. The Kier molecular flexibility index (Phi) is 14.7. The van der Waals surface area contributed by atoms with Crippen LogP contribution in [0.15, 0.2) is 18.2 Å². The van der Waals surface area contributed by atoms with Crippen molar-refractivity contribution >= 4 is 11.9 Å². The lowest BCUT2D eigenvalue weighted by atomic mass is 10.1. The molecule has 0 N–H and O–H groups in total. The number of hydrogen-bond donors (Lipinski definition) is 0. The highest BCUT2D eigenvalue weighted by Gasteiger charge is 2.15. The molecule has 170 valence electrons. The van der Waals surface area contributed by atoms with E-state index in [0.29, 0.717) is 19.1 Å². The van der Waals surface area contributed by atoms with Crippen molar-refractivity contribution in [2.45, 2.75) is 97.8 Å². The molecule has 0 amide bonds. The van der Waals surface area contributed by atoms with Gasteiger partial charge in [0.05, 0.1) is 13.2 Å². The fourth-order valence-electron chi connectivity index (χ4n) is 3.36. The molecule has 0 aliphatic heterocycles. The molecule has 0 aliphatic rings. The first-order valence-electron chi connectivity index (χ1n) is 11.9. The Balaban J connectivity index is 2.21. The van der Waals surface area contributed by atoms with Gasteiger partial charge in [-0.2, -0.15) is 0 Å². The van der Waals surface area contributed by atoms with Gasteiger partial charge < -0.3 is 9.47 Å². The minimum absolute atomic E-state index is 0.145. The predicted molar refractivity (Wildman–Crippen MR) is 121 cm³/mol. The lowest BCUT2D eigenvalue weighted by Gasteiger charge is -2.11. The average Bonchev–Trinajstić information content (AvgIpc) is 2.76. The van der Waals surface area contributed by atoms with Crippen LogP contribution in [0.5, 0.6) is 0 Å². The minimum Gasteiger partial charge on any atom is -0.461 e. The Morgan fingerprint density at radius 2 is 1.33 bits per heavy atom. The molecular weight excluding hydrogens is 378 g/mol. The molecule has 30 heavy (non-hydrogen) atoms. The number of hydrogen-bond acceptors (Lipinski definition) is 5. The van der Waals surface area contributed by atoms with Crippen molar-refractivity contribution in [2.75, 3.05) is 13.2 Å². The lowest BCUT2D eigenvalue weighted by Crippen LogP contribution is -2.15. The maximum Gasteiger partial charge on any atom is 0.356 e. The highest BCUT2D eigenvalue weighted by molar-refractivity contribution is 5.91. The van der Waals surface area contributed by atoms with Crippen LogP contribution in [0.1, 0.15) is 119 Å². The Labute approximate surface area is 183 Å². The van der Waals surface area contributed by atoms with E-state index in [2.05, 4.69) is 18.8 Å². The summed E-state index contributed by atoms with van der Waals surface area (Å²) in [5.41, 5.74) is 0.297. The third-order valence-corrected chi connectivity index (χ3v) is 5.18. The second-order valence-electron chi connectivity index (χ2n) is 8.22. The number of rotatable bonds is 17. The SMILES string of the molecule is CCCCCCCCCCCCOC(=O)c1cccc(C(=O)OCC(C)CCC)n1. The van der Waals surface area contributed by atoms with Crippen molar-refractivity contribution in [3.8, 4) is 0 Å². The third kappa shape index (κ3) is 11.9. The summed E-state index contributed by atoms with van der Waals surface area (Å²) >= 11 is 0. The first-order chi connectivity index (χ1) is 14.6. The number of carbonyl (C=O) groups is 2. The van der Waals surface area contributed by atoms with E-state index < -0.39 is 11.9 Å². The standard InChI is InChI=1S/C25H41NO4/c1-4-6-7-8-9-10-11-12-13-14-19-29-24(27)22-17-15-18-23(26-22)25(28)30-20-21(3)16-5-2/h15,17-18,21H,4-14,16,19-20H2,1-3H3. The van der Waals surface area contributed by atoms with Crippen molar-refractivity contribution in [1.29, 1.82) is 0 Å². The first kappa shape index (κ1) is 26.1. The van der Waals surface area contributed by atoms with E-state index in [1.165, 1.54) is 51.4 Å². The van der Waals surface area contributed by atoms with Gasteiger partial charge in [0.1, 0.15) is 11.4 Å². The molecule has 1 aromatic rings. The fourth-order valence-corrected chi connectivity index (χ4v) is 3.36. The number of nitrogens with zero attached hydrogens (tertiary/aromatic N) is 1. The molecular formula is C25H41NO4. The van der Waals surface area contributed by atoms with Gasteiger partial charge in [0.2, 0.25) is 0 Å². The molecule has 1 rings (SSSR count). The summed E-state index contributed by atoms with van der Waals surface area (Å²) in [6, 6.07) is 4.76. The second kappa shape index (κ2) is 16.8. The Hall–Kier alpha value is -1.91. The molecule has 0 aromatic carbocycles. The van der Waals surface area contributed by atoms with Crippen molar-refractivity contribution in [1.82, 2.24) is 4.98 Å². The average molecular weight is 420 g/mol. The van der Waals surface area contributed by atoms with E-state index in [-0.39, 0.29) is 11.4 Å². The Morgan fingerprint density at radius 1 is 0.800 bits per heavy atom. The Bertz CT molecular complexity index is 603. The zero-order chi connectivity index (χ0) is 22.0. The summed E-state index contributed by atoms with van der Waals surface area (Å²) in [6.07, 6.45) is 14.4. The molecule has 0 bridgehead atoms. The van der Waals surface area contributed by atoms with Crippen LogP contribution in [0, 0.1) is 5.92 Å². The monoisotopic (exact) mass is 419 g/mol. The highest BCUT2D eigenvalue weighted by Crippen LogP contribution is 2.11. The fraction of sp³-hybridized carbons (Fsp3) is 0.720. The van der Waals surface area contributed by atoms with Gasteiger partial charge in [-0.15, -0.1) is 0 Å². The van der Waals surface area contributed by atoms with E-state index in [4.69, 9.17) is 9.47 Å². The topological polar surface area (TPSA) is 65.5 Å². The summed E-state index contributed by atoms with van der Waals surface area (Å²) in [7, 11) is 0. The lowest BCUT2D eigenvalue weighted by molar-refractivity contribution is 0.0435. The molecule has 5 nitrogen and oxygen atoms in total. The van der Waals surface area contributed by atoms with Gasteiger partial charge in [-0.25, -0.2) is 14.6 Å². The van der Waals surface area contributed by atoms with Crippen LogP contribution in [-0.2, 0) is 9.47 Å². The predicted octanol–water partition coefficient (Wildman–Crippen LogP) is 6.75. The number of pyridine rings is 1. The number of ether oxygens (including phenoxy) is 2. The molecule has 1 atom stereocenters. The number of aromatic nitrogens is 1. The van der Waals surface area contributed by atoms with Crippen molar-refractivity contribution in [3.63, 3.8) is 0 Å².